The van der Waals surface area contributed by atoms with Crippen LogP contribution in [-0.4, -0.2) is 31.2 Å². The third kappa shape index (κ3) is 4.57. The second-order valence-electron chi connectivity index (χ2n) is 4.31. The van der Waals surface area contributed by atoms with Crippen LogP contribution in [0.5, 0.6) is 0 Å². The molecule has 0 bridgehead atoms. The van der Waals surface area contributed by atoms with Crippen molar-refractivity contribution in [2.24, 2.45) is 0 Å². The van der Waals surface area contributed by atoms with Crippen LogP contribution < -0.4 is 10.6 Å². The fraction of sp³-hybridized carbons (Fsp3) is 0.250. The molecular weight excluding hydrogens is 316 g/mol. The molecular formula is C12H11F6N3O. The first kappa shape index (κ1) is 17.7. The van der Waals surface area contributed by atoms with E-state index >= 15 is 0 Å². The van der Waals surface area contributed by atoms with Crippen molar-refractivity contribution in [2.75, 3.05) is 19.4 Å². The molecule has 0 aliphatic carbocycles. The van der Waals surface area contributed by atoms with Gasteiger partial charge in [0.1, 0.15) is 5.70 Å². The van der Waals surface area contributed by atoms with Crippen molar-refractivity contribution in [1.82, 2.24) is 10.2 Å². The monoisotopic (exact) mass is 327 g/mol. The minimum absolute atomic E-state index is 0.522. The Balaban J connectivity index is 2.92. The number of benzene rings is 1. The lowest BCUT2D eigenvalue weighted by molar-refractivity contribution is -0.0963. The Kier molecular flexibility index (Phi) is 5.28. The minimum atomic E-state index is -4.87. The molecule has 1 aromatic carbocycles. The van der Waals surface area contributed by atoms with Crippen molar-refractivity contribution < 1.29 is 31.1 Å². The van der Waals surface area contributed by atoms with E-state index in [-0.39, 0.29) is 0 Å². The molecule has 0 aliphatic heterocycles. The number of alkyl halides is 3. The van der Waals surface area contributed by atoms with Gasteiger partial charge in [0.25, 0.3) is 0 Å². The van der Waals surface area contributed by atoms with E-state index in [2.05, 4.69) is 0 Å². The van der Waals surface area contributed by atoms with Gasteiger partial charge >= 0.3 is 12.2 Å². The quantitative estimate of drug-likeness (QED) is 0.661. The van der Waals surface area contributed by atoms with E-state index in [1.807, 2.05) is 0 Å². The summed E-state index contributed by atoms with van der Waals surface area (Å²) in [6, 6.07) is -0.264. The van der Waals surface area contributed by atoms with Crippen LogP contribution >= 0.6 is 0 Å². The van der Waals surface area contributed by atoms with Gasteiger partial charge in [0.05, 0.1) is 5.69 Å². The molecule has 0 saturated carbocycles. The number of hydrogen-bond acceptors (Lipinski definition) is 2. The highest BCUT2D eigenvalue weighted by Gasteiger charge is 2.35. The van der Waals surface area contributed by atoms with Crippen molar-refractivity contribution in [3.63, 3.8) is 0 Å². The summed E-state index contributed by atoms with van der Waals surface area (Å²) < 4.78 is 76.9. The van der Waals surface area contributed by atoms with E-state index in [0.717, 1.165) is 4.90 Å². The molecule has 0 spiro atoms. The number of anilines is 1. The molecule has 10 heteroatoms. The maximum Gasteiger partial charge on any atom is 0.432 e. The van der Waals surface area contributed by atoms with E-state index in [1.165, 1.54) is 19.4 Å². The zero-order chi connectivity index (χ0) is 17.1. The maximum atomic E-state index is 13.3. The van der Waals surface area contributed by atoms with Crippen molar-refractivity contribution in [1.29, 1.82) is 0 Å². The Hall–Kier alpha value is -2.39. The number of carbonyl (C=O) groups is 1. The zero-order valence-corrected chi connectivity index (χ0v) is 11.4. The summed E-state index contributed by atoms with van der Waals surface area (Å²) in [6.45, 7) is 0. The van der Waals surface area contributed by atoms with Crippen LogP contribution in [0, 0.1) is 17.5 Å². The van der Waals surface area contributed by atoms with E-state index in [0.29, 0.717) is 18.3 Å². The molecule has 0 radical (unpaired) electrons. The lowest BCUT2D eigenvalue weighted by Gasteiger charge is -2.16. The van der Waals surface area contributed by atoms with Gasteiger partial charge in [-0.05, 0) is 12.1 Å². The average molecular weight is 327 g/mol. The van der Waals surface area contributed by atoms with Gasteiger partial charge in [-0.3, -0.25) is 0 Å². The summed E-state index contributed by atoms with van der Waals surface area (Å²) in [7, 11) is 2.58. The highest BCUT2D eigenvalue weighted by atomic mass is 19.4. The number of urea groups is 1. The second kappa shape index (κ2) is 6.58. The molecule has 0 aromatic heterocycles. The molecule has 0 heterocycles. The van der Waals surface area contributed by atoms with Crippen LogP contribution in [0.15, 0.2) is 24.0 Å². The van der Waals surface area contributed by atoms with Crippen molar-refractivity contribution in [2.45, 2.75) is 6.18 Å². The number of rotatable bonds is 3. The first-order valence-electron chi connectivity index (χ1n) is 5.69. The van der Waals surface area contributed by atoms with Gasteiger partial charge in [-0.15, -0.1) is 0 Å². The Morgan fingerprint density at radius 1 is 1.14 bits per heavy atom. The number of nitrogens with zero attached hydrogens (tertiary/aromatic N) is 1. The second-order valence-corrected chi connectivity index (χ2v) is 4.31. The standard InChI is InChI=1S/C12H11F6N3O/c1-21(2)5-8(12(16,17)18)20-11(22)19-7-4-3-6(13)9(14)10(7)15/h3-5H,1-2H3,(H2,19,20,22). The highest BCUT2D eigenvalue weighted by molar-refractivity contribution is 5.90. The maximum absolute atomic E-state index is 13.3. The van der Waals surface area contributed by atoms with Gasteiger partial charge in [-0.25, -0.2) is 18.0 Å². The normalized spacial score (nSPS) is 12.1. The molecule has 1 rings (SSSR count). The SMILES string of the molecule is CN(C)C=C(NC(=O)Nc1ccc(F)c(F)c1F)C(F)(F)F. The number of nitrogens with one attached hydrogen (secondary N) is 2. The number of carbonyl (C=O) groups excluding carboxylic acids is 1. The van der Waals surface area contributed by atoms with Crippen molar-refractivity contribution >= 4 is 11.7 Å². The van der Waals surface area contributed by atoms with Crippen LogP contribution in [0.25, 0.3) is 0 Å². The van der Waals surface area contributed by atoms with Crippen molar-refractivity contribution in [3.8, 4) is 0 Å². The Bertz CT molecular complexity index is 597. The van der Waals surface area contributed by atoms with E-state index in [4.69, 9.17) is 0 Å². The number of amides is 2. The molecule has 22 heavy (non-hydrogen) atoms. The van der Waals surface area contributed by atoms with Gasteiger partial charge in [0.15, 0.2) is 17.5 Å². The van der Waals surface area contributed by atoms with Gasteiger partial charge in [0.2, 0.25) is 0 Å². The molecule has 2 amide bonds. The molecule has 4 nitrogen and oxygen atoms in total. The Morgan fingerprint density at radius 3 is 2.23 bits per heavy atom. The summed E-state index contributed by atoms with van der Waals surface area (Å²) in [5.74, 6) is -5.06. The van der Waals surface area contributed by atoms with Gasteiger partial charge < -0.3 is 15.5 Å². The van der Waals surface area contributed by atoms with E-state index < -0.39 is 41.0 Å². The highest BCUT2D eigenvalue weighted by Crippen LogP contribution is 2.24. The smallest absolute Gasteiger partial charge is 0.382 e. The number of allylic oxidation sites excluding steroid dienone is 1. The predicted octanol–water partition coefficient (Wildman–Crippen LogP) is 3.19. The summed E-state index contributed by atoms with van der Waals surface area (Å²) in [5, 5.41) is 3.12. The Labute approximate surface area is 121 Å². The molecule has 0 aliphatic rings. The van der Waals surface area contributed by atoms with Crippen LogP contribution in [0.2, 0.25) is 0 Å². The lowest BCUT2D eigenvalue weighted by atomic mass is 10.3. The first-order valence-corrected chi connectivity index (χ1v) is 5.69. The molecule has 0 atom stereocenters. The van der Waals surface area contributed by atoms with Crippen LogP contribution in [0.4, 0.5) is 36.8 Å². The summed E-state index contributed by atoms with van der Waals surface area (Å²) in [5.41, 5.74) is -2.22. The molecule has 1 aromatic rings. The van der Waals surface area contributed by atoms with Crippen LogP contribution in [0.3, 0.4) is 0 Å². The van der Waals surface area contributed by atoms with Gasteiger partial charge in [-0.2, -0.15) is 13.2 Å². The summed E-state index contributed by atoms with van der Waals surface area (Å²) in [4.78, 5) is 12.5. The summed E-state index contributed by atoms with van der Waals surface area (Å²) >= 11 is 0. The first-order chi connectivity index (χ1) is 10.0. The van der Waals surface area contributed by atoms with E-state index in [9.17, 15) is 31.1 Å². The number of halogens is 6. The zero-order valence-electron chi connectivity index (χ0n) is 11.4. The Morgan fingerprint density at radius 2 is 1.73 bits per heavy atom. The molecule has 0 saturated heterocycles. The fourth-order valence-corrected chi connectivity index (χ4v) is 1.33. The molecule has 0 fully saturated rings. The number of hydrogen-bond donors (Lipinski definition) is 2. The fourth-order valence-electron chi connectivity index (χ4n) is 1.33. The third-order valence-electron chi connectivity index (χ3n) is 2.22. The average Bonchev–Trinajstić information content (AvgIpc) is 2.37. The van der Waals surface area contributed by atoms with Crippen LogP contribution in [0.1, 0.15) is 0 Å². The largest absolute Gasteiger partial charge is 0.432 e. The molecule has 2 N–H and O–H groups in total. The predicted molar refractivity (Wildman–Crippen MR) is 66.3 cm³/mol. The minimum Gasteiger partial charge on any atom is -0.382 e. The molecule has 0 unspecified atom stereocenters. The van der Waals surface area contributed by atoms with Crippen molar-refractivity contribution in [3.05, 3.63) is 41.5 Å². The van der Waals surface area contributed by atoms with Crippen LogP contribution in [-0.2, 0) is 0 Å². The molecule has 122 valence electrons. The topological polar surface area (TPSA) is 44.4 Å². The lowest BCUT2D eigenvalue weighted by Crippen LogP contribution is -2.36. The van der Waals surface area contributed by atoms with E-state index in [1.54, 1.807) is 5.32 Å². The third-order valence-corrected chi connectivity index (χ3v) is 2.22. The summed E-state index contributed by atoms with van der Waals surface area (Å²) in [6.07, 6.45) is -4.28. The van der Waals surface area contributed by atoms with Gasteiger partial charge in [0, 0.05) is 20.3 Å². The van der Waals surface area contributed by atoms with Gasteiger partial charge in [-0.1, -0.05) is 0 Å².